The van der Waals surface area contributed by atoms with E-state index < -0.39 is 0 Å². The Bertz CT molecular complexity index is 933. The molecule has 0 N–H and O–H groups in total. The molecule has 3 nitrogen and oxygen atoms in total. The molecule has 0 saturated heterocycles. The van der Waals surface area contributed by atoms with Gasteiger partial charge in [0.15, 0.2) is 0 Å². The highest BCUT2D eigenvalue weighted by atomic mass is 35.5. The average Bonchev–Trinajstić information content (AvgIpc) is 3.65. The molecule has 0 aliphatic heterocycles. The van der Waals surface area contributed by atoms with Gasteiger partial charge in [-0.1, -0.05) is 41.4 Å². The van der Waals surface area contributed by atoms with Gasteiger partial charge in [-0.25, -0.2) is 0 Å². The van der Waals surface area contributed by atoms with Crippen molar-refractivity contribution in [3.8, 4) is 5.75 Å². The molecule has 0 spiro atoms. The topological polar surface area (TPSA) is 15.7 Å². The number of benzene rings is 2. The fourth-order valence-corrected chi connectivity index (χ4v) is 5.93. The highest BCUT2D eigenvalue weighted by Crippen LogP contribution is 2.47. The van der Waals surface area contributed by atoms with Crippen molar-refractivity contribution in [2.24, 2.45) is 5.92 Å². The lowest BCUT2D eigenvalue weighted by Gasteiger charge is -2.50. The van der Waals surface area contributed by atoms with E-state index in [1.807, 2.05) is 24.3 Å². The van der Waals surface area contributed by atoms with Crippen LogP contribution in [0.1, 0.15) is 51.0 Å². The van der Waals surface area contributed by atoms with Crippen LogP contribution in [-0.2, 0) is 5.54 Å². The summed E-state index contributed by atoms with van der Waals surface area (Å²) < 4.78 is 5.68. The molecule has 0 amide bonds. The molecule has 2 aliphatic rings. The van der Waals surface area contributed by atoms with Crippen LogP contribution in [-0.4, -0.2) is 37.7 Å². The molecular weight excluding hydrogens is 451 g/mol. The predicted molar refractivity (Wildman–Crippen MR) is 141 cm³/mol. The zero-order chi connectivity index (χ0) is 23.4. The molecule has 2 aromatic rings. The quantitative estimate of drug-likeness (QED) is 0.322. The van der Waals surface area contributed by atoms with Crippen LogP contribution in [0.5, 0.6) is 5.75 Å². The number of hydrogen-bond acceptors (Lipinski definition) is 3. The summed E-state index contributed by atoms with van der Waals surface area (Å²) >= 11 is 12.5. The number of anilines is 1. The van der Waals surface area contributed by atoms with Crippen molar-refractivity contribution < 1.29 is 4.74 Å². The van der Waals surface area contributed by atoms with Crippen LogP contribution in [0.2, 0.25) is 10.0 Å². The second-order valence-electron chi connectivity index (χ2n) is 9.51. The van der Waals surface area contributed by atoms with Gasteiger partial charge >= 0.3 is 0 Å². The van der Waals surface area contributed by atoms with E-state index >= 15 is 0 Å². The highest BCUT2D eigenvalue weighted by molar-refractivity contribution is 6.31. The number of hydrogen-bond donors (Lipinski definition) is 0. The molecule has 5 heteroatoms. The van der Waals surface area contributed by atoms with Gasteiger partial charge in [0.2, 0.25) is 0 Å². The molecule has 33 heavy (non-hydrogen) atoms. The maximum atomic E-state index is 6.26. The van der Waals surface area contributed by atoms with Gasteiger partial charge in [-0.15, -0.1) is 6.58 Å². The van der Waals surface area contributed by atoms with Crippen molar-refractivity contribution in [1.82, 2.24) is 4.90 Å². The lowest BCUT2D eigenvalue weighted by atomic mass is 9.73. The van der Waals surface area contributed by atoms with E-state index in [-0.39, 0.29) is 5.54 Å². The Morgan fingerprint density at radius 2 is 1.70 bits per heavy atom. The maximum absolute atomic E-state index is 6.26. The second kappa shape index (κ2) is 10.7. The number of methoxy groups -OCH3 is 1. The molecule has 2 fully saturated rings. The molecular formula is C28H36Cl2N2O. The van der Waals surface area contributed by atoms with Crippen LogP contribution in [0, 0.1) is 5.92 Å². The smallest absolute Gasteiger partial charge is 0.143 e. The summed E-state index contributed by atoms with van der Waals surface area (Å²) in [5, 5.41) is 1.50. The summed E-state index contributed by atoms with van der Waals surface area (Å²) in [4.78, 5) is 5.20. The fraction of sp³-hybridized carbons (Fsp3) is 0.500. The fourth-order valence-electron chi connectivity index (χ4n) is 5.65. The van der Waals surface area contributed by atoms with Gasteiger partial charge in [0.1, 0.15) is 5.75 Å². The SMILES string of the molecule is C=CCN(CC1CC1)C1(c2ccc(Cl)cc2)CCC(N(CC)c2ccc(Cl)cc2OC)CC1. The molecule has 178 valence electrons. The molecule has 4 rings (SSSR count). The van der Waals surface area contributed by atoms with Crippen LogP contribution >= 0.6 is 23.2 Å². The minimum absolute atomic E-state index is 0.0291. The third-order valence-electron chi connectivity index (χ3n) is 7.53. The largest absolute Gasteiger partial charge is 0.495 e. The van der Waals surface area contributed by atoms with Crippen LogP contribution < -0.4 is 9.64 Å². The second-order valence-corrected chi connectivity index (χ2v) is 10.4. The number of rotatable bonds is 10. The molecule has 2 aliphatic carbocycles. The van der Waals surface area contributed by atoms with Crippen molar-refractivity contribution in [1.29, 1.82) is 0 Å². The Labute approximate surface area is 209 Å². The van der Waals surface area contributed by atoms with Gasteiger partial charge in [0.25, 0.3) is 0 Å². The van der Waals surface area contributed by atoms with Crippen molar-refractivity contribution in [2.45, 2.75) is 57.0 Å². The minimum atomic E-state index is 0.0291. The van der Waals surface area contributed by atoms with E-state index in [1.54, 1.807) is 7.11 Å². The van der Waals surface area contributed by atoms with Crippen molar-refractivity contribution in [3.63, 3.8) is 0 Å². The van der Waals surface area contributed by atoms with E-state index in [2.05, 4.69) is 47.6 Å². The molecule has 0 aromatic heterocycles. The van der Waals surface area contributed by atoms with Crippen molar-refractivity contribution >= 4 is 28.9 Å². The van der Waals surface area contributed by atoms with Gasteiger partial charge < -0.3 is 9.64 Å². The third kappa shape index (κ3) is 5.37. The third-order valence-corrected chi connectivity index (χ3v) is 8.01. The van der Waals surface area contributed by atoms with Crippen LogP contribution in [0.4, 0.5) is 5.69 Å². The minimum Gasteiger partial charge on any atom is -0.495 e. The average molecular weight is 488 g/mol. The first-order valence-electron chi connectivity index (χ1n) is 12.2. The number of halogens is 2. The van der Waals surface area contributed by atoms with E-state index in [0.29, 0.717) is 11.1 Å². The Morgan fingerprint density at radius 1 is 1.03 bits per heavy atom. The lowest BCUT2D eigenvalue weighted by molar-refractivity contribution is 0.0474. The molecule has 0 radical (unpaired) electrons. The monoisotopic (exact) mass is 486 g/mol. The van der Waals surface area contributed by atoms with Gasteiger partial charge in [0.05, 0.1) is 12.8 Å². The van der Waals surface area contributed by atoms with Gasteiger partial charge in [-0.3, -0.25) is 4.90 Å². The van der Waals surface area contributed by atoms with Crippen molar-refractivity contribution in [3.05, 3.63) is 70.7 Å². The Hall–Kier alpha value is -1.68. The normalized spacial score (nSPS) is 22.9. The van der Waals surface area contributed by atoms with Gasteiger partial charge in [-0.05, 0) is 81.2 Å². The van der Waals surface area contributed by atoms with Gasteiger partial charge in [-0.2, -0.15) is 0 Å². The molecule has 2 aromatic carbocycles. The Morgan fingerprint density at radius 3 is 2.27 bits per heavy atom. The first kappa shape index (κ1) is 24.4. The molecule has 0 unspecified atom stereocenters. The molecule has 2 saturated carbocycles. The van der Waals surface area contributed by atoms with Crippen LogP contribution in [0.25, 0.3) is 0 Å². The van der Waals surface area contributed by atoms with E-state index in [0.717, 1.165) is 67.7 Å². The summed E-state index contributed by atoms with van der Waals surface area (Å²) in [6.45, 7) is 9.33. The van der Waals surface area contributed by atoms with Gasteiger partial charge in [0, 0.05) is 47.3 Å². The Kier molecular flexibility index (Phi) is 7.94. The molecule has 0 bridgehead atoms. The molecule has 0 heterocycles. The standard InChI is InChI=1S/C28H36Cl2N2O/c1-4-18-31(20-21-6-7-21)28(22-8-10-23(29)11-9-22)16-14-25(15-17-28)32(5-2)26-13-12-24(30)19-27(26)33-3/h4,8-13,19,21,25H,1,5-7,14-18,20H2,2-3H3. The van der Waals surface area contributed by atoms with Crippen molar-refractivity contribution in [2.75, 3.05) is 31.6 Å². The number of nitrogens with zero attached hydrogens (tertiary/aromatic N) is 2. The number of ether oxygens (including phenoxy) is 1. The zero-order valence-electron chi connectivity index (χ0n) is 19.9. The summed E-state index contributed by atoms with van der Waals surface area (Å²) in [6, 6.07) is 15.0. The maximum Gasteiger partial charge on any atom is 0.143 e. The molecule has 0 atom stereocenters. The summed E-state index contributed by atoms with van der Waals surface area (Å²) in [5.41, 5.74) is 2.55. The summed E-state index contributed by atoms with van der Waals surface area (Å²) in [6.07, 6.45) is 9.27. The predicted octanol–water partition coefficient (Wildman–Crippen LogP) is 7.56. The summed E-state index contributed by atoms with van der Waals surface area (Å²) in [7, 11) is 1.72. The van der Waals surface area contributed by atoms with Crippen LogP contribution in [0.3, 0.4) is 0 Å². The lowest BCUT2D eigenvalue weighted by Crippen LogP contribution is -2.52. The summed E-state index contributed by atoms with van der Waals surface area (Å²) in [5.74, 6) is 1.68. The van der Waals surface area contributed by atoms with E-state index in [9.17, 15) is 0 Å². The zero-order valence-corrected chi connectivity index (χ0v) is 21.4. The van der Waals surface area contributed by atoms with E-state index in [4.69, 9.17) is 27.9 Å². The first-order chi connectivity index (χ1) is 16.0. The van der Waals surface area contributed by atoms with Crippen LogP contribution in [0.15, 0.2) is 55.1 Å². The first-order valence-corrected chi connectivity index (χ1v) is 13.0. The Balaban J connectivity index is 1.61. The highest BCUT2D eigenvalue weighted by Gasteiger charge is 2.44. The van der Waals surface area contributed by atoms with E-state index in [1.165, 1.54) is 18.4 Å².